The summed E-state index contributed by atoms with van der Waals surface area (Å²) in [4.78, 5) is 0. The molecule has 7 heteroatoms. The van der Waals surface area contributed by atoms with E-state index in [1.54, 1.807) is 0 Å². The molecule has 42 valence electrons. The van der Waals surface area contributed by atoms with Gasteiger partial charge in [0.1, 0.15) is 0 Å². The molecule has 2 nitrogen and oxygen atoms in total. The van der Waals surface area contributed by atoms with Crippen molar-refractivity contribution in [2.45, 2.75) is 0 Å². The first-order valence-corrected chi connectivity index (χ1v) is 10.8. The topological polar surface area (TPSA) is 34.1 Å². The second-order valence-corrected chi connectivity index (χ2v) is 14.4. The summed E-state index contributed by atoms with van der Waals surface area (Å²) < 4.78 is 17.0. The molecule has 0 aromatic carbocycles. The van der Waals surface area contributed by atoms with E-state index in [0.717, 1.165) is 9.76 Å². The summed E-state index contributed by atoms with van der Waals surface area (Å²) in [5.41, 5.74) is 0. The molecular formula is H4Cl2O2Si2Ti. The Kier molecular flexibility index (Phi) is 16.5. The second kappa shape index (κ2) is 10.3. The molecule has 7 heavy (non-hydrogen) atoms. The predicted octanol–water partition coefficient (Wildman–Crippen LogP) is -0.694. The maximum Gasteiger partial charge on any atom is 0.214 e. The first kappa shape index (κ1) is 11.2. The number of hydrogen-bond acceptors (Lipinski definition) is 2. The summed E-state index contributed by atoms with van der Waals surface area (Å²) in [6.07, 6.45) is 0. The van der Waals surface area contributed by atoms with Crippen LogP contribution in [0.15, 0.2) is 0 Å². The van der Waals surface area contributed by atoms with Gasteiger partial charge >= 0.3 is 25.7 Å². The Balaban J connectivity index is 0. The summed E-state index contributed by atoms with van der Waals surface area (Å²) >= 11 is 8.48. The Morgan fingerprint density at radius 1 is 1.43 bits per heavy atom. The van der Waals surface area contributed by atoms with Crippen LogP contribution in [-0.2, 0) is 25.7 Å². The maximum absolute atomic E-state index is 8.50. The Bertz CT molecular complexity index is 56.0. The van der Waals surface area contributed by atoms with Gasteiger partial charge < -0.3 is 0 Å². The largest absolute Gasteiger partial charge is 0.214 e. The summed E-state index contributed by atoms with van der Waals surface area (Å²) in [6.45, 7) is -1.06. The van der Waals surface area contributed by atoms with Crippen molar-refractivity contribution in [3.8, 4) is 0 Å². The van der Waals surface area contributed by atoms with E-state index < -0.39 is 26.0 Å². The van der Waals surface area contributed by atoms with Crippen molar-refractivity contribution >= 4 is 38.9 Å². The van der Waals surface area contributed by atoms with Crippen molar-refractivity contribution in [2.75, 3.05) is 0 Å². The van der Waals surface area contributed by atoms with E-state index >= 15 is 0 Å². The fraction of sp³-hybridized carbons (Fsp3) is 0. The zero-order valence-corrected chi connectivity index (χ0v) is 9.88. The van der Waals surface area contributed by atoms with Gasteiger partial charge in [-0.15, -0.1) is 0 Å². The summed E-state index contributed by atoms with van der Waals surface area (Å²) in [7, 11) is 1.02. The van der Waals surface area contributed by atoms with Gasteiger partial charge in [0.2, 0.25) is 6.93 Å². The predicted molar refractivity (Wildman–Crippen MR) is 30.2 cm³/mol. The van der Waals surface area contributed by atoms with E-state index in [1.165, 1.54) is 0 Å². The summed E-state index contributed by atoms with van der Waals surface area (Å²) in [5, 5.41) is 0. The normalized spacial score (nSPS) is 6.71. The van der Waals surface area contributed by atoms with Crippen molar-refractivity contribution in [1.82, 2.24) is 0 Å². The summed E-state index contributed by atoms with van der Waals surface area (Å²) in [5.74, 6) is 0. The van der Waals surface area contributed by atoms with Crippen LogP contribution < -0.4 is 0 Å². The van der Waals surface area contributed by atoms with Gasteiger partial charge in [-0.05, 0) is 0 Å². The number of hydrogen-bond donors (Lipinski definition) is 0. The smallest absolute Gasteiger partial charge is 0.155 e. The minimum absolute atomic E-state index is 1.02. The van der Waals surface area contributed by atoms with Crippen molar-refractivity contribution in [2.24, 2.45) is 0 Å². The van der Waals surface area contributed by atoms with Crippen molar-refractivity contribution < 1.29 is 25.7 Å². The van der Waals surface area contributed by atoms with Gasteiger partial charge in [0.25, 0.3) is 0 Å². The molecule has 0 atom stereocenters. The summed E-state index contributed by atoms with van der Waals surface area (Å²) in [6, 6.07) is 0. The second-order valence-electron chi connectivity index (χ2n) is 0.602. The Labute approximate surface area is 64.4 Å². The van der Waals surface area contributed by atoms with Crippen molar-refractivity contribution in [1.29, 1.82) is 0 Å². The minimum Gasteiger partial charge on any atom is -0.155 e. The maximum atomic E-state index is 8.50. The van der Waals surface area contributed by atoms with Crippen LogP contribution in [0.4, 0.5) is 0 Å². The molecule has 0 radical (unpaired) electrons. The molecule has 0 unspecified atom stereocenters. The molecule has 0 bridgehead atoms. The molecule has 0 N–H and O–H groups in total. The van der Waals surface area contributed by atoms with Crippen LogP contribution in [-0.4, -0.2) is 16.7 Å². The van der Waals surface area contributed by atoms with E-state index in [0.29, 0.717) is 0 Å². The third kappa shape index (κ3) is 118. The Morgan fingerprint density at radius 2 is 1.43 bits per heavy atom. The Morgan fingerprint density at radius 3 is 1.43 bits per heavy atom. The molecular weight excluding hydrogens is 207 g/mol. The zero-order chi connectivity index (χ0) is 6.28. The van der Waals surface area contributed by atoms with E-state index in [2.05, 4.69) is 0 Å². The van der Waals surface area contributed by atoms with Crippen LogP contribution in [0.1, 0.15) is 0 Å². The fourth-order valence-corrected chi connectivity index (χ4v) is 0. The molecule has 0 saturated carbocycles. The SMILES string of the molecule is [O]=[Ti]=[O].[SiH3][SiH](Cl)Cl. The van der Waals surface area contributed by atoms with Gasteiger partial charge in [-0.1, -0.05) is 0 Å². The fourth-order valence-electron chi connectivity index (χ4n) is 0. The molecule has 0 heterocycles. The molecule has 0 spiro atoms. The van der Waals surface area contributed by atoms with E-state index in [-0.39, 0.29) is 0 Å². The van der Waals surface area contributed by atoms with Gasteiger partial charge in [-0.25, -0.2) is 0 Å². The molecule has 0 aromatic heterocycles. The van der Waals surface area contributed by atoms with Gasteiger partial charge in [0.15, 0.2) is 0 Å². The van der Waals surface area contributed by atoms with Crippen LogP contribution >= 0.6 is 22.2 Å². The Hall–Kier alpha value is 1.33. The first-order chi connectivity index (χ1) is 3.15. The average Bonchev–Trinajstić information content (AvgIpc) is 1.33. The molecule has 0 rings (SSSR count). The van der Waals surface area contributed by atoms with Gasteiger partial charge in [0.05, 0.1) is 0 Å². The molecule has 0 aliphatic carbocycles. The van der Waals surface area contributed by atoms with E-state index in [9.17, 15) is 0 Å². The van der Waals surface area contributed by atoms with Crippen molar-refractivity contribution in [3.05, 3.63) is 0 Å². The quantitative estimate of drug-likeness (QED) is 0.392. The molecule has 0 aliphatic heterocycles. The zero-order valence-electron chi connectivity index (χ0n) is 3.65. The molecule has 0 aliphatic rings. The number of rotatable bonds is 0. The van der Waals surface area contributed by atoms with Crippen LogP contribution in [0.2, 0.25) is 0 Å². The molecule has 0 saturated heterocycles. The van der Waals surface area contributed by atoms with Crippen LogP contribution in [0, 0.1) is 0 Å². The third-order valence-corrected chi connectivity index (χ3v) is 0. The van der Waals surface area contributed by atoms with Gasteiger partial charge in [-0.3, -0.25) is 0 Å². The molecule has 0 fully saturated rings. The average molecular weight is 211 g/mol. The monoisotopic (exact) mass is 210 g/mol. The van der Waals surface area contributed by atoms with Crippen LogP contribution in [0.25, 0.3) is 0 Å². The molecule has 0 amide bonds. The third-order valence-electron chi connectivity index (χ3n) is 0. The van der Waals surface area contributed by atoms with Crippen LogP contribution in [0.5, 0.6) is 0 Å². The van der Waals surface area contributed by atoms with E-state index in [4.69, 9.17) is 28.8 Å². The van der Waals surface area contributed by atoms with Gasteiger partial charge in [-0.2, -0.15) is 22.2 Å². The van der Waals surface area contributed by atoms with Crippen LogP contribution in [0.3, 0.4) is 0 Å². The standard InChI is InChI=1S/Cl2H4Si2.2O.Ti/c1-4(2)3;;;/h4H,3H3;;;. The number of halogens is 2. The van der Waals surface area contributed by atoms with Gasteiger partial charge in [0, 0.05) is 9.76 Å². The van der Waals surface area contributed by atoms with Crippen molar-refractivity contribution in [3.63, 3.8) is 0 Å². The first-order valence-electron chi connectivity index (χ1n) is 1.42. The minimum atomic E-state index is -2.00. The van der Waals surface area contributed by atoms with E-state index in [1.807, 2.05) is 0 Å². The molecule has 0 aromatic rings.